The van der Waals surface area contributed by atoms with E-state index in [9.17, 15) is 18.0 Å². The number of carbonyl (C=O) groups is 1. The molecule has 1 fully saturated rings. The quantitative estimate of drug-likeness (QED) is 0.674. The van der Waals surface area contributed by atoms with Crippen LogP contribution in [0.4, 0.5) is 13.2 Å². The summed E-state index contributed by atoms with van der Waals surface area (Å²) in [5, 5.41) is 0. The standard InChI is InChI=1S/C9H13F3O/c1-2-8(4-3-5-8)6-7(13)9(10,11)12/h2-6H2,1H3. The number of rotatable bonds is 3. The van der Waals surface area contributed by atoms with Crippen LogP contribution >= 0.6 is 0 Å². The molecular formula is C9H13F3O. The summed E-state index contributed by atoms with van der Waals surface area (Å²) in [7, 11) is 0. The minimum atomic E-state index is -4.64. The zero-order valence-corrected chi connectivity index (χ0v) is 7.58. The Morgan fingerprint density at radius 1 is 1.38 bits per heavy atom. The van der Waals surface area contributed by atoms with E-state index in [-0.39, 0.29) is 11.8 Å². The van der Waals surface area contributed by atoms with Crippen molar-refractivity contribution in [3.63, 3.8) is 0 Å². The number of carbonyl (C=O) groups excluding carboxylic acids is 1. The van der Waals surface area contributed by atoms with Gasteiger partial charge in [0.15, 0.2) is 0 Å². The van der Waals surface area contributed by atoms with Crippen molar-refractivity contribution in [3.05, 3.63) is 0 Å². The van der Waals surface area contributed by atoms with E-state index in [1.54, 1.807) is 0 Å². The first-order chi connectivity index (χ1) is 5.90. The van der Waals surface area contributed by atoms with Crippen LogP contribution in [0.25, 0.3) is 0 Å². The van der Waals surface area contributed by atoms with Gasteiger partial charge in [-0.05, 0) is 18.3 Å². The largest absolute Gasteiger partial charge is 0.449 e. The highest BCUT2D eigenvalue weighted by atomic mass is 19.4. The van der Waals surface area contributed by atoms with Crippen molar-refractivity contribution in [2.24, 2.45) is 5.41 Å². The summed E-state index contributed by atoms with van der Waals surface area (Å²) in [5.74, 6) is -1.56. The number of hydrogen-bond acceptors (Lipinski definition) is 1. The first-order valence-corrected chi connectivity index (χ1v) is 4.50. The van der Waals surface area contributed by atoms with Gasteiger partial charge in [-0.25, -0.2) is 0 Å². The fraction of sp³-hybridized carbons (Fsp3) is 0.889. The summed E-state index contributed by atoms with van der Waals surface area (Å²) in [4.78, 5) is 10.7. The lowest BCUT2D eigenvalue weighted by atomic mass is 9.64. The summed E-state index contributed by atoms with van der Waals surface area (Å²) in [5.41, 5.74) is -0.327. The maximum Gasteiger partial charge on any atom is 0.449 e. The van der Waals surface area contributed by atoms with Crippen LogP contribution < -0.4 is 0 Å². The summed E-state index contributed by atoms with van der Waals surface area (Å²) >= 11 is 0. The Kier molecular flexibility index (Phi) is 2.68. The van der Waals surface area contributed by atoms with Gasteiger partial charge >= 0.3 is 6.18 Å². The Morgan fingerprint density at radius 2 is 1.92 bits per heavy atom. The molecule has 4 heteroatoms. The molecule has 1 rings (SSSR count). The van der Waals surface area contributed by atoms with Crippen molar-refractivity contribution in [1.82, 2.24) is 0 Å². The lowest BCUT2D eigenvalue weighted by Gasteiger charge is -2.40. The molecule has 0 heterocycles. The Hall–Kier alpha value is -0.540. The normalized spacial score (nSPS) is 20.9. The van der Waals surface area contributed by atoms with E-state index in [0.717, 1.165) is 19.3 Å². The molecule has 0 aliphatic heterocycles. The summed E-state index contributed by atoms with van der Waals surface area (Å²) in [6.45, 7) is 1.85. The van der Waals surface area contributed by atoms with E-state index >= 15 is 0 Å². The molecular weight excluding hydrogens is 181 g/mol. The fourth-order valence-electron chi connectivity index (χ4n) is 1.77. The third-order valence-electron chi connectivity index (χ3n) is 3.02. The zero-order valence-electron chi connectivity index (χ0n) is 7.58. The van der Waals surface area contributed by atoms with Crippen LogP contribution in [0.1, 0.15) is 39.0 Å². The Balaban J connectivity index is 2.52. The van der Waals surface area contributed by atoms with E-state index in [4.69, 9.17) is 0 Å². The molecule has 0 aromatic carbocycles. The van der Waals surface area contributed by atoms with Crippen LogP contribution in [0, 0.1) is 5.41 Å². The summed E-state index contributed by atoms with van der Waals surface area (Å²) < 4.78 is 35.8. The average molecular weight is 194 g/mol. The van der Waals surface area contributed by atoms with Crippen molar-refractivity contribution >= 4 is 5.78 Å². The minimum Gasteiger partial charge on any atom is -0.290 e. The fourth-order valence-corrected chi connectivity index (χ4v) is 1.77. The van der Waals surface area contributed by atoms with Crippen LogP contribution in [-0.2, 0) is 4.79 Å². The summed E-state index contributed by atoms with van der Waals surface area (Å²) in [6.07, 6.45) is -1.78. The molecule has 1 aliphatic carbocycles. The monoisotopic (exact) mass is 194 g/mol. The first-order valence-electron chi connectivity index (χ1n) is 4.50. The van der Waals surface area contributed by atoms with Gasteiger partial charge in [0.05, 0.1) is 0 Å². The Labute approximate surface area is 75.3 Å². The Morgan fingerprint density at radius 3 is 2.15 bits per heavy atom. The lowest BCUT2D eigenvalue weighted by molar-refractivity contribution is -0.175. The highest BCUT2D eigenvalue weighted by molar-refractivity contribution is 5.84. The van der Waals surface area contributed by atoms with Gasteiger partial charge < -0.3 is 0 Å². The molecule has 13 heavy (non-hydrogen) atoms. The van der Waals surface area contributed by atoms with Gasteiger partial charge in [0.2, 0.25) is 5.78 Å². The number of alkyl halides is 3. The predicted octanol–water partition coefficient (Wildman–Crippen LogP) is 3.09. The van der Waals surface area contributed by atoms with Crippen LogP contribution in [0.15, 0.2) is 0 Å². The second-order valence-electron chi connectivity index (χ2n) is 3.80. The highest BCUT2D eigenvalue weighted by Crippen LogP contribution is 2.47. The van der Waals surface area contributed by atoms with Gasteiger partial charge in [0.1, 0.15) is 0 Å². The maximum absolute atomic E-state index is 11.9. The highest BCUT2D eigenvalue weighted by Gasteiger charge is 2.45. The number of halogens is 3. The number of hydrogen-bond donors (Lipinski definition) is 0. The molecule has 0 atom stereocenters. The van der Waals surface area contributed by atoms with Gasteiger partial charge in [-0.15, -0.1) is 0 Å². The zero-order chi connectivity index (χ0) is 10.1. The second-order valence-corrected chi connectivity index (χ2v) is 3.80. The van der Waals surface area contributed by atoms with Gasteiger partial charge in [-0.2, -0.15) is 13.2 Å². The van der Waals surface area contributed by atoms with E-state index in [0.29, 0.717) is 6.42 Å². The molecule has 0 aromatic rings. The smallest absolute Gasteiger partial charge is 0.290 e. The third kappa shape index (κ3) is 2.23. The molecule has 0 unspecified atom stereocenters. The molecule has 1 nitrogen and oxygen atoms in total. The van der Waals surface area contributed by atoms with Crippen LogP contribution in [0.5, 0.6) is 0 Å². The molecule has 0 spiro atoms. The lowest BCUT2D eigenvalue weighted by Crippen LogP contribution is -2.36. The average Bonchev–Trinajstić information content (AvgIpc) is 1.94. The van der Waals surface area contributed by atoms with Gasteiger partial charge in [-0.3, -0.25) is 4.79 Å². The van der Waals surface area contributed by atoms with Crippen LogP contribution in [-0.4, -0.2) is 12.0 Å². The first kappa shape index (κ1) is 10.5. The van der Waals surface area contributed by atoms with Gasteiger partial charge in [0, 0.05) is 6.42 Å². The number of Topliss-reactive ketones (excluding diaryl/α,β-unsaturated/α-hetero) is 1. The topological polar surface area (TPSA) is 17.1 Å². The second kappa shape index (κ2) is 3.31. The molecule has 0 N–H and O–H groups in total. The van der Waals surface area contributed by atoms with Crippen molar-refractivity contribution in [2.75, 3.05) is 0 Å². The van der Waals surface area contributed by atoms with Crippen molar-refractivity contribution in [3.8, 4) is 0 Å². The van der Waals surface area contributed by atoms with Gasteiger partial charge in [0.25, 0.3) is 0 Å². The van der Waals surface area contributed by atoms with Crippen molar-refractivity contribution < 1.29 is 18.0 Å². The molecule has 1 aliphatic rings. The van der Waals surface area contributed by atoms with Crippen LogP contribution in [0.3, 0.4) is 0 Å². The molecule has 76 valence electrons. The van der Waals surface area contributed by atoms with E-state index < -0.39 is 12.0 Å². The van der Waals surface area contributed by atoms with E-state index in [1.165, 1.54) is 0 Å². The predicted molar refractivity (Wildman–Crippen MR) is 42.3 cm³/mol. The molecule has 0 amide bonds. The molecule has 0 radical (unpaired) electrons. The van der Waals surface area contributed by atoms with Crippen LogP contribution in [0.2, 0.25) is 0 Å². The Bertz CT molecular complexity index is 198. The number of ketones is 1. The van der Waals surface area contributed by atoms with Crippen molar-refractivity contribution in [2.45, 2.75) is 45.2 Å². The molecule has 0 aromatic heterocycles. The van der Waals surface area contributed by atoms with E-state index in [1.807, 2.05) is 6.92 Å². The molecule has 0 saturated heterocycles. The van der Waals surface area contributed by atoms with Gasteiger partial charge in [-0.1, -0.05) is 19.8 Å². The van der Waals surface area contributed by atoms with Crippen molar-refractivity contribution in [1.29, 1.82) is 0 Å². The SMILES string of the molecule is CCC1(CC(=O)C(F)(F)F)CCC1. The third-order valence-corrected chi connectivity index (χ3v) is 3.02. The van der Waals surface area contributed by atoms with E-state index in [2.05, 4.69) is 0 Å². The maximum atomic E-state index is 11.9. The molecule has 1 saturated carbocycles. The summed E-state index contributed by atoms with van der Waals surface area (Å²) in [6, 6.07) is 0. The minimum absolute atomic E-state index is 0.312. The molecule has 0 bridgehead atoms.